The molecule has 60 heavy (non-hydrogen) atoms. The molecule has 0 spiro atoms. The third-order valence-electron chi connectivity index (χ3n) is 6.15. The van der Waals surface area contributed by atoms with Gasteiger partial charge in [-0.25, -0.2) is 0 Å². The molecule has 1 amide bonds. The molecule has 0 heterocycles. The van der Waals surface area contributed by atoms with Gasteiger partial charge in [0.05, 0.1) is 65.2 Å². The van der Waals surface area contributed by atoms with Crippen molar-refractivity contribution in [3.63, 3.8) is 0 Å². The number of carbonyl (C=O) groups excluding carboxylic acids is 2. The summed E-state index contributed by atoms with van der Waals surface area (Å²) in [6.45, 7) is 1.82. The van der Waals surface area contributed by atoms with Crippen molar-refractivity contribution in [1.29, 1.82) is 0 Å². The van der Waals surface area contributed by atoms with Crippen LogP contribution in [0, 0.1) is 30.3 Å². The van der Waals surface area contributed by atoms with Crippen LogP contribution in [0.2, 0.25) is 30.1 Å². The number of phenols is 1. The Morgan fingerprint density at radius 2 is 1.27 bits per heavy atom. The second-order valence-electron chi connectivity index (χ2n) is 10.6. The third kappa shape index (κ3) is 19.8. The molecule has 4 aromatic carbocycles. The zero-order valence-corrected chi connectivity index (χ0v) is 38.4. The number of nitrogens with two attached hydrogens (primary N) is 2. The average molecular weight is 1010 g/mol. The number of alkyl halides is 2. The summed E-state index contributed by atoms with van der Waals surface area (Å²) in [5, 5.41) is 69.7. The summed E-state index contributed by atoms with van der Waals surface area (Å²) < 4.78 is 0. The number of carboxylic acid groups (broad SMARTS) is 2. The molecule has 4 rings (SSSR count). The van der Waals surface area contributed by atoms with Gasteiger partial charge < -0.3 is 42.0 Å². The van der Waals surface area contributed by atoms with Gasteiger partial charge in [-0.2, -0.15) is 0 Å². The van der Waals surface area contributed by atoms with Crippen molar-refractivity contribution >= 4 is 139 Å². The third-order valence-corrected chi connectivity index (χ3v) is 8.91. The quantitative estimate of drug-likeness (QED) is 0.0429. The molecule has 8 N–H and O–H groups in total. The number of nitrogen functional groups attached to an aromatic ring is 1. The number of aliphatic hydroxyl groups is 1. The first-order chi connectivity index (χ1) is 27.2. The van der Waals surface area contributed by atoms with Crippen molar-refractivity contribution in [1.82, 2.24) is 0 Å². The van der Waals surface area contributed by atoms with E-state index in [-0.39, 0.29) is 101 Å². The molecule has 0 fully saturated rings. The summed E-state index contributed by atoms with van der Waals surface area (Å²) >= 11 is 44.1. The van der Waals surface area contributed by atoms with E-state index in [4.69, 9.17) is 114 Å². The van der Waals surface area contributed by atoms with Gasteiger partial charge in [-0.1, -0.05) is 69.6 Å². The van der Waals surface area contributed by atoms with Crippen molar-refractivity contribution in [2.24, 2.45) is 5.73 Å². The molecule has 4 aromatic rings. The summed E-state index contributed by atoms with van der Waals surface area (Å²) in [5.74, 6) is -3.65. The summed E-state index contributed by atoms with van der Waals surface area (Å²) in [6.07, 6.45) is 0. The number of non-ortho nitro benzene ring substituents is 2. The Hall–Kier alpha value is -3.67. The Morgan fingerprint density at radius 3 is 1.65 bits per heavy atom. The molecule has 1 atom stereocenters. The number of nitrogens with one attached hydrogen (secondary N) is 1. The number of amides is 1. The molecule has 0 aromatic heterocycles. The SMILES string of the molecule is CC(Cl)(CCl)C(=O)O.NCCO.Nc1c(Cl)cc([N+](=O)[O-])cc1Cl.O=C(Nc1ccc([N+](=O)[O-])cc1Cl)c1cc(Cl)ccc1O.O=C([O-])c1cc(Cl)cc([N+](=O)[O-])c1Cl.[Na+]. The van der Waals surface area contributed by atoms with Crippen molar-refractivity contribution < 1.29 is 79.1 Å². The Morgan fingerprint density at radius 1 is 0.783 bits per heavy atom. The smallest absolute Gasteiger partial charge is 0.545 e. The van der Waals surface area contributed by atoms with Gasteiger partial charge in [0.2, 0.25) is 0 Å². The minimum Gasteiger partial charge on any atom is -0.545 e. The van der Waals surface area contributed by atoms with Crippen LogP contribution < -0.4 is 51.4 Å². The van der Waals surface area contributed by atoms with E-state index in [1.54, 1.807) is 0 Å². The number of nitro benzene ring substituents is 3. The van der Waals surface area contributed by atoms with Crippen molar-refractivity contribution in [2.45, 2.75) is 11.8 Å². The second kappa shape index (κ2) is 28.0. The molecule has 0 radical (unpaired) electrons. The van der Waals surface area contributed by atoms with E-state index in [1.165, 1.54) is 37.3 Å². The number of halogens is 8. The van der Waals surface area contributed by atoms with E-state index in [0.29, 0.717) is 6.54 Å². The van der Waals surface area contributed by atoms with Gasteiger partial charge >= 0.3 is 35.5 Å². The summed E-state index contributed by atoms with van der Waals surface area (Å²) in [6, 6.07) is 11.9. The largest absolute Gasteiger partial charge is 1.00 e. The molecule has 0 saturated carbocycles. The molecular weight excluding hydrogens is 983 g/mol. The number of phenolic OH excluding ortho intramolecular Hbond substituents is 1. The fourth-order valence-corrected chi connectivity index (χ4v) is 4.64. The number of aliphatic hydroxyl groups excluding tert-OH is 1. The number of aromatic carboxylic acids is 1. The van der Waals surface area contributed by atoms with Crippen molar-refractivity contribution in [2.75, 3.05) is 30.1 Å². The monoisotopic (exact) mass is 1010 g/mol. The minimum absolute atomic E-state index is 0. The van der Waals surface area contributed by atoms with Gasteiger partial charge in [0.25, 0.3) is 23.0 Å². The first kappa shape index (κ1) is 58.4. The van der Waals surface area contributed by atoms with E-state index in [1.807, 2.05) is 0 Å². The molecule has 0 aliphatic heterocycles. The maximum atomic E-state index is 12.0. The Bertz CT molecular complexity index is 2130. The van der Waals surface area contributed by atoms with Crippen LogP contribution in [0.15, 0.2) is 60.7 Å². The topological polar surface area (TPSA) is 328 Å². The Balaban J connectivity index is 0. The molecule has 0 aliphatic carbocycles. The number of aromatic hydroxyl groups is 1. The number of hydrogen-bond donors (Lipinski definition) is 6. The van der Waals surface area contributed by atoms with Crippen molar-refractivity contribution in [3.8, 4) is 5.75 Å². The fourth-order valence-electron chi connectivity index (χ4n) is 3.19. The van der Waals surface area contributed by atoms with Crippen LogP contribution in [-0.2, 0) is 4.79 Å². The van der Waals surface area contributed by atoms with E-state index in [9.17, 15) is 54.9 Å². The minimum atomic E-state index is -1.61. The van der Waals surface area contributed by atoms with Crippen LogP contribution in [0.1, 0.15) is 27.6 Å². The first-order valence-corrected chi connectivity index (χ1v) is 18.2. The molecule has 1 unspecified atom stereocenters. The number of carboxylic acids is 2. The number of anilines is 2. The zero-order valence-electron chi connectivity index (χ0n) is 30.3. The van der Waals surface area contributed by atoms with Gasteiger partial charge in [0, 0.05) is 52.5 Å². The summed E-state index contributed by atoms with van der Waals surface area (Å²) in [7, 11) is 0. The average Bonchev–Trinajstić information content (AvgIpc) is 3.16. The number of hydrogen-bond acceptors (Lipinski definition) is 14. The molecule has 19 nitrogen and oxygen atoms in total. The van der Waals surface area contributed by atoms with Crippen LogP contribution in [0.3, 0.4) is 0 Å². The summed E-state index contributed by atoms with van der Waals surface area (Å²) in [5.41, 5.74) is 9.04. The molecule has 320 valence electrons. The maximum Gasteiger partial charge on any atom is 1.00 e. The maximum absolute atomic E-state index is 12.0. The number of rotatable bonds is 9. The molecule has 0 saturated heterocycles. The Kier molecular flexibility index (Phi) is 27.3. The normalized spacial score (nSPS) is 10.7. The molecule has 0 aliphatic rings. The number of aliphatic carboxylic acids is 1. The zero-order chi connectivity index (χ0) is 45.9. The van der Waals surface area contributed by atoms with Gasteiger partial charge in [-0.05, 0) is 37.3 Å². The summed E-state index contributed by atoms with van der Waals surface area (Å²) in [4.78, 5) is 60.5. The number of carbonyl (C=O) groups is 3. The van der Waals surface area contributed by atoms with E-state index in [2.05, 4.69) is 5.32 Å². The fraction of sp³-hybridized carbons (Fsp3) is 0.156. The van der Waals surface area contributed by atoms with Crippen molar-refractivity contribution in [3.05, 3.63) is 132 Å². The van der Waals surface area contributed by atoms with Gasteiger partial charge in [0.15, 0.2) is 4.87 Å². The number of nitrogens with zero attached hydrogens (tertiary/aromatic N) is 3. The standard InChI is InChI=1S/C13H8Cl2N2O4.C7H3Cl2NO4.C6H4Cl2N2O2.C4H6Cl2O2.C2H7NO.Na/c14-7-1-4-12(18)9(5-7)13(19)16-11-3-2-8(17(20)21)6-10(11)15;8-3-1-4(7(11)12)6(9)5(2-3)10(13)14;7-4-1-3(10(11)12)2-5(8)6(4)9;1-4(6,2-5)3(7)8;3-1-2-4;/h1-6,18H,(H,16,19);1-2H,(H,11,12);1-2H,9H2;2H2,1H3,(H,7,8);4H,1-3H2;/q;;;;;+1/p-1. The van der Waals surface area contributed by atoms with Crippen LogP contribution in [0.4, 0.5) is 28.4 Å². The predicted molar refractivity (Wildman–Crippen MR) is 223 cm³/mol. The van der Waals surface area contributed by atoms with Gasteiger partial charge in [-0.15, -0.1) is 23.2 Å². The van der Waals surface area contributed by atoms with E-state index in [0.717, 1.165) is 30.3 Å². The van der Waals surface area contributed by atoms with Crippen LogP contribution >= 0.6 is 92.8 Å². The predicted octanol–water partition coefficient (Wildman–Crippen LogP) is 4.86. The molecule has 0 bridgehead atoms. The number of benzene rings is 4. The second-order valence-corrected chi connectivity index (χ2v) is 14.2. The van der Waals surface area contributed by atoms with Gasteiger partial charge in [-0.3, -0.25) is 39.9 Å². The number of nitro groups is 3. The van der Waals surface area contributed by atoms with E-state index < -0.39 is 53.8 Å². The van der Waals surface area contributed by atoms with Crippen LogP contribution in [0.25, 0.3) is 0 Å². The van der Waals surface area contributed by atoms with Gasteiger partial charge in [0.1, 0.15) is 10.8 Å². The Labute approximate surface area is 400 Å². The molecule has 28 heteroatoms. The van der Waals surface area contributed by atoms with E-state index >= 15 is 0 Å². The first-order valence-electron chi connectivity index (χ1n) is 15.0. The molecular formula is C32H27Cl8N6NaO13. The van der Waals surface area contributed by atoms with Crippen LogP contribution in [-0.4, -0.2) is 71.8 Å². The van der Waals surface area contributed by atoms with Crippen LogP contribution in [0.5, 0.6) is 5.75 Å².